The van der Waals surface area contributed by atoms with Gasteiger partial charge < -0.3 is 15.0 Å². The van der Waals surface area contributed by atoms with Crippen molar-refractivity contribution in [1.29, 1.82) is 0 Å². The molecule has 4 heteroatoms. The van der Waals surface area contributed by atoms with E-state index in [1.165, 1.54) is 0 Å². The Morgan fingerprint density at radius 3 is 2.80 bits per heavy atom. The Bertz CT molecular complexity index is 531. The molecule has 0 amide bonds. The van der Waals surface area contributed by atoms with E-state index < -0.39 is 0 Å². The Hall–Kier alpha value is -1.55. The average molecular weight is 220 g/mol. The van der Waals surface area contributed by atoms with Crippen LogP contribution in [-0.2, 0) is 7.05 Å². The van der Waals surface area contributed by atoms with Crippen molar-refractivity contribution in [2.45, 2.75) is 0 Å². The maximum Gasteiger partial charge on any atom is 0.119 e. The number of nitrogens with two attached hydrogens (primary N) is 1. The number of thiocarbonyl (C=S) groups is 1. The molecule has 2 N–H and O–H groups in total. The molecule has 0 spiro atoms. The van der Waals surface area contributed by atoms with Crippen LogP contribution in [-0.4, -0.2) is 16.7 Å². The molecule has 0 aliphatic heterocycles. The summed E-state index contributed by atoms with van der Waals surface area (Å²) in [6.45, 7) is 0. The summed E-state index contributed by atoms with van der Waals surface area (Å²) in [7, 11) is 3.61. The van der Waals surface area contributed by atoms with E-state index in [1.54, 1.807) is 7.11 Å². The van der Waals surface area contributed by atoms with E-state index in [4.69, 9.17) is 22.7 Å². The summed E-state index contributed by atoms with van der Waals surface area (Å²) >= 11 is 5.01. The second-order valence-electron chi connectivity index (χ2n) is 3.40. The van der Waals surface area contributed by atoms with E-state index in [-0.39, 0.29) is 0 Å². The van der Waals surface area contributed by atoms with Crippen molar-refractivity contribution in [3.63, 3.8) is 0 Å². The molecule has 0 unspecified atom stereocenters. The lowest BCUT2D eigenvalue weighted by molar-refractivity contribution is 0.415. The Morgan fingerprint density at radius 1 is 1.47 bits per heavy atom. The Balaban J connectivity index is 2.77. The second-order valence-corrected chi connectivity index (χ2v) is 3.84. The van der Waals surface area contributed by atoms with Crippen LogP contribution in [0.15, 0.2) is 24.4 Å². The molecule has 1 aromatic carbocycles. The lowest BCUT2D eigenvalue weighted by Gasteiger charge is -2.01. The summed E-state index contributed by atoms with van der Waals surface area (Å²) in [5.74, 6) is 0.811. The summed E-state index contributed by atoms with van der Waals surface area (Å²) in [6.07, 6.45) is 1.94. The SMILES string of the molecule is COc1ccc2c(c1)c(C(N)=S)cn2C. The Labute approximate surface area is 93.4 Å². The number of aryl methyl sites for hydroxylation is 1. The number of nitrogens with zero attached hydrogens (tertiary/aromatic N) is 1. The predicted molar refractivity (Wildman–Crippen MR) is 65.4 cm³/mol. The zero-order valence-electron chi connectivity index (χ0n) is 8.65. The highest BCUT2D eigenvalue weighted by molar-refractivity contribution is 7.80. The van der Waals surface area contributed by atoms with Gasteiger partial charge in [0.15, 0.2) is 0 Å². The van der Waals surface area contributed by atoms with Crippen LogP contribution < -0.4 is 10.5 Å². The number of methoxy groups -OCH3 is 1. The van der Waals surface area contributed by atoms with Crippen molar-refractivity contribution in [2.75, 3.05) is 7.11 Å². The number of aromatic nitrogens is 1. The molecule has 0 aliphatic rings. The summed E-state index contributed by atoms with van der Waals surface area (Å²) in [4.78, 5) is 0.411. The fraction of sp³-hybridized carbons (Fsp3) is 0.182. The van der Waals surface area contributed by atoms with E-state index in [0.717, 1.165) is 22.2 Å². The standard InChI is InChI=1S/C11H12N2OS/c1-13-6-9(11(12)15)8-5-7(14-2)3-4-10(8)13/h3-6H,1-2H3,(H2,12,15). The molecule has 0 saturated heterocycles. The molecule has 2 aromatic rings. The number of ether oxygens (including phenoxy) is 1. The van der Waals surface area contributed by atoms with E-state index >= 15 is 0 Å². The van der Waals surface area contributed by atoms with Crippen LogP contribution in [0.4, 0.5) is 0 Å². The minimum Gasteiger partial charge on any atom is -0.497 e. The van der Waals surface area contributed by atoms with Gasteiger partial charge in [0.1, 0.15) is 10.7 Å². The van der Waals surface area contributed by atoms with Crippen LogP contribution in [0.25, 0.3) is 10.9 Å². The van der Waals surface area contributed by atoms with Gasteiger partial charge in [-0.25, -0.2) is 0 Å². The normalized spacial score (nSPS) is 10.5. The van der Waals surface area contributed by atoms with Crippen LogP contribution in [0.5, 0.6) is 5.75 Å². The van der Waals surface area contributed by atoms with Gasteiger partial charge in [0.05, 0.1) is 7.11 Å². The van der Waals surface area contributed by atoms with Crippen LogP contribution in [0.1, 0.15) is 5.56 Å². The fourth-order valence-corrected chi connectivity index (χ4v) is 1.86. The van der Waals surface area contributed by atoms with Crippen molar-refractivity contribution in [3.8, 4) is 5.75 Å². The van der Waals surface area contributed by atoms with Gasteiger partial charge in [-0.15, -0.1) is 0 Å². The third kappa shape index (κ3) is 1.57. The van der Waals surface area contributed by atoms with Crippen LogP contribution in [0.2, 0.25) is 0 Å². The zero-order chi connectivity index (χ0) is 11.0. The first-order valence-corrected chi connectivity index (χ1v) is 4.97. The third-order valence-corrected chi connectivity index (χ3v) is 2.68. The van der Waals surface area contributed by atoms with Gasteiger partial charge in [0.2, 0.25) is 0 Å². The quantitative estimate of drug-likeness (QED) is 0.785. The molecular weight excluding hydrogens is 208 g/mol. The molecule has 0 atom stereocenters. The largest absolute Gasteiger partial charge is 0.497 e. The predicted octanol–water partition coefficient (Wildman–Crippen LogP) is 1.82. The summed E-state index contributed by atoms with van der Waals surface area (Å²) < 4.78 is 7.18. The van der Waals surface area contributed by atoms with Crippen molar-refractivity contribution in [3.05, 3.63) is 30.0 Å². The topological polar surface area (TPSA) is 40.2 Å². The molecule has 0 fully saturated rings. The molecule has 78 valence electrons. The summed E-state index contributed by atoms with van der Waals surface area (Å²) in [5.41, 5.74) is 7.65. The van der Waals surface area contributed by atoms with E-state index in [0.29, 0.717) is 4.99 Å². The van der Waals surface area contributed by atoms with E-state index in [1.807, 2.05) is 36.0 Å². The van der Waals surface area contributed by atoms with Gasteiger partial charge in [-0.3, -0.25) is 0 Å². The fourth-order valence-electron chi connectivity index (χ4n) is 1.69. The van der Waals surface area contributed by atoms with Crippen LogP contribution in [0, 0.1) is 0 Å². The minimum absolute atomic E-state index is 0.411. The summed E-state index contributed by atoms with van der Waals surface area (Å²) in [6, 6.07) is 5.87. The molecular formula is C11H12N2OS. The average Bonchev–Trinajstić information content (AvgIpc) is 2.56. The molecule has 1 heterocycles. The monoisotopic (exact) mass is 220 g/mol. The van der Waals surface area contributed by atoms with E-state index in [9.17, 15) is 0 Å². The van der Waals surface area contributed by atoms with Gasteiger partial charge in [0, 0.05) is 29.7 Å². The maximum absolute atomic E-state index is 5.66. The zero-order valence-corrected chi connectivity index (χ0v) is 9.47. The number of rotatable bonds is 2. The first-order valence-electron chi connectivity index (χ1n) is 4.56. The van der Waals surface area contributed by atoms with Gasteiger partial charge in [0.25, 0.3) is 0 Å². The van der Waals surface area contributed by atoms with Gasteiger partial charge in [-0.2, -0.15) is 0 Å². The van der Waals surface area contributed by atoms with Crippen molar-refractivity contribution < 1.29 is 4.74 Å². The Kier molecular flexibility index (Phi) is 2.36. The van der Waals surface area contributed by atoms with Crippen molar-refractivity contribution in [2.24, 2.45) is 12.8 Å². The molecule has 0 radical (unpaired) electrons. The van der Waals surface area contributed by atoms with Crippen LogP contribution >= 0.6 is 12.2 Å². The maximum atomic E-state index is 5.66. The lowest BCUT2D eigenvalue weighted by Crippen LogP contribution is -2.08. The molecule has 1 aromatic heterocycles. The second kappa shape index (κ2) is 3.55. The summed E-state index contributed by atoms with van der Waals surface area (Å²) in [5, 5.41) is 1.03. The smallest absolute Gasteiger partial charge is 0.119 e. The van der Waals surface area contributed by atoms with Gasteiger partial charge in [-0.1, -0.05) is 12.2 Å². The lowest BCUT2D eigenvalue weighted by atomic mass is 10.1. The number of benzene rings is 1. The highest BCUT2D eigenvalue weighted by atomic mass is 32.1. The van der Waals surface area contributed by atoms with Gasteiger partial charge in [-0.05, 0) is 18.2 Å². The molecule has 0 saturated carbocycles. The highest BCUT2D eigenvalue weighted by Crippen LogP contribution is 2.25. The number of fused-ring (bicyclic) bond motifs is 1. The highest BCUT2D eigenvalue weighted by Gasteiger charge is 2.09. The van der Waals surface area contributed by atoms with Gasteiger partial charge >= 0.3 is 0 Å². The van der Waals surface area contributed by atoms with E-state index in [2.05, 4.69) is 0 Å². The first kappa shape index (κ1) is 9.98. The van der Waals surface area contributed by atoms with Crippen molar-refractivity contribution in [1.82, 2.24) is 4.57 Å². The molecule has 3 nitrogen and oxygen atoms in total. The van der Waals surface area contributed by atoms with Crippen LogP contribution in [0.3, 0.4) is 0 Å². The molecule has 2 rings (SSSR count). The minimum atomic E-state index is 0.411. The number of hydrogen-bond donors (Lipinski definition) is 1. The number of hydrogen-bond acceptors (Lipinski definition) is 2. The molecule has 0 bridgehead atoms. The molecule has 0 aliphatic carbocycles. The first-order chi connectivity index (χ1) is 7.13. The molecule has 15 heavy (non-hydrogen) atoms. The van der Waals surface area contributed by atoms with Crippen molar-refractivity contribution >= 4 is 28.1 Å². The Morgan fingerprint density at radius 2 is 2.20 bits per heavy atom. The third-order valence-electron chi connectivity index (χ3n) is 2.46.